The van der Waals surface area contributed by atoms with Crippen molar-refractivity contribution in [3.63, 3.8) is 0 Å². The van der Waals surface area contributed by atoms with Crippen molar-refractivity contribution in [1.82, 2.24) is 9.62 Å². The molecule has 1 atom stereocenters. The number of hydrogen-bond donors (Lipinski definition) is 1. The van der Waals surface area contributed by atoms with Crippen molar-refractivity contribution in [3.8, 4) is 0 Å². The van der Waals surface area contributed by atoms with Crippen LogP contribution >= 0.6 is 12.4 Å². The Labute approximate surface area is 117 Å². The molecule has 18 heavy (non-hydrogen) atoms. The third kappa shape index (κ3) is 5.40. The molecule has 1 unspecified atom stereocenters. The molecule has 0 bridgehead atoms. The standard InChI is InChI=1S/C11H24N2O3S.ClH/c1-3-7-13(11-5-6-12-10-11)17(14,15)9-4-8-16-2;/h11-12H,3-10H2,1-2H3;1H. The summed E-state index contributed by atoms with van der Waals surface area (Å²) in [7, 11) is -1.53. The van der Waals surface area contributed by atoms with Gasteiger partial charge in [0.05, 0.1) is 5.75 Å². The minimum absolute atomic E-state index is 0. The molecule has 5 nitrogen and oxygen atoms in total. The van der Waals surface area contributed by atoms with E-state index >= 15 is 0 Å². The number of nitrogens with one attached hydrogen (secondary N) is 1. The number of sulfonamides is 1. The average Bonchev–Trinajstić information content (AvgIpc) is 2.79. The van der Waals surface area contributed by atoms with Gasteiger partial charge in [0.1, 0.15) is 0 Å². The first kappa shape index (κ1) is 18.1. The molecule has 0 aliphatic carbocycles. The zero-order valence-electron chi connectivity index (χ0n) is 11.2. The molecule has 1 N–H and O–H groups in total. The van der Waals surface area contributed by atoms with Crippen LogP contribution in [0.4, 0.5) is 0 Å². The summed E-state index contributed by atoms with van der Waals surface area (Å²) in [4.78, 5) is 0. The smallest absolute Gasteiger partial charge is 0.214 e. The molecule has 1 fully saturated rings. The maximum absolute atomic E-state index is 12.2. The molecule has 1 aliphatic heterocycles. The number of nitrogens with zero attached hydrogens (tertiary/aromatic N) is 1. The van der Waals surface area contributed by atoms with E-state index in [1.807, 2.05) is 6.92 Å². The fourth-order valence-corrected chi connectivity index (χ4v) is 3.97. The van der Waals surface area contributed by atoms with Crippen LogP contribution in [0.2, 0.25) is 0 Å². The van der Waals surface area contributed by atoms with Crippen molar-refractivity contribution >= 4 is 22.4 Å². The highest BCUT2D eigenvalue weighted by Crippen LogP contribution is 2.15. The van der Waals surface area contributed by atoms with Gasteiger partial charge in [-0.1, -0.05) is 6.92 Å². The summed E-state index contributed by atoms with van der Waals surface area (Å²) >= 11 is 0. The average molecular weight is 301 g/mol. The molecule has 0 aromatic rings. The Hall–Kier alpha value is 0.120. The molecule has 0 radical (unpaired) electrons. The lowest BCUT2D eigenvalue weighted by molar-refractivity contribution is 0.199. The van der Waals surface area contributed by atoms with Crippen molar-refractivity contribution in [2.45, 2.75) is 32.2 Å². The van der Waals surface area contributed by atoms with E-state index in [9.17, 15) is 8.42 Å². The Bertz CT molecular complexity index is 305. The van der Waals surface area contributed by atoms with Crippen molar-refractivity contribution in [2.24, 2.45) is 0 Å². The van der Waals surface area contributed by atoms with Gasteiger partial charge in [0.25, 0.3) is 0 Å². The summed E-state index contributed by atoms with van der Waals surface area (Å²) in [5, 5.41) is 3.22. The molecular formula is C11H25ClN2O3S. The maximum Gasteiger partial charge on any atom is 0.214 e. The number of methoxy groups -OCH3 is 1. The zero-order valence-corrected chi connectivity index (χ0v) is 12.9. The van der Waals surface area contributed by atoms with Gasteiger partial charge in [-0.3, -0.25) is 0 Å². The Morgan fingerprint density at radius 3 is 2.67 bits per heavy atom. The number of halogens is 1. The van der Waals surface area contributed by atoms with E-state index in [0.29, 0.717) is 19.6 Å². The van der Waals surface area contributed by atoms with Gasteiger partial charge in [-0.15, -0.1) is 12.4 Å². The first-order valence-electron chi connectivity index (χ1n) is 6.31. The third-order valence-electron chi connectivity index (χ3n) is 2.99. The summed E-state index contributed by atoms with van der Waals surface area (Å²) in [6.07, 6.45) is 2.35. The predicted octanol–water partition coefficient (Wildman–Crippen LogP) is 0.848. The van der Waals surface area contributed by atoms with Gasteiger partial charge in [-0.05, 0) is 25.8 Å². The highest BCUT2D eigenvalue weighted by atomic mass is 35.5. The zero-order chi connectivity index (χ0) is 12.7. The molecule has 0 spiro atoms. The Kier molecular flexibility index (Phi) is 9.15. The SMILES string of the molecule is CCCN(C1CCNC1)S(=O)(=O)CCCOC.Cl. The Morgan fingerprint density at radius 2 is 2.17 bits per heavy atom. The van der Waals surface area contributed by atoms with E-state index in [1.54, 1.807) is 11.4 Å². The minimum Gasteiger partial charge on any atom is -0.385 e. The lowest BCUT2D eigenvalue weighted by atomic mass is 10.2. The van der Waals surface area contributed by atoms with Crippen molar-refractivity contribution in [1.29, 1.82) is 0 Å². The summed E-state index contributed by atoms with van der Waals surface area (Å²) in [5.41, 5.74) is 0. The highest BCUT2D eigenvalue weighted by Gasteiger charge is 2.30. The molecule has 1 saturated heterocycles. The molecule has 110 valence electrons. The summed E-state index contributed by atoms with van der Waals surface area (Å²) < 4.78 is 31.0. The van der Waals surface area contributed by atoms with Crippen LogP contribution in [0.5, 0.6) is 0 Å². The van der Waals surface area contributed by atoms with E-state index in [1.165, 1.54) is 0 Å². The first-order chi connectivity index (χ1) is 8.11. The Morgan fingerprint density at radius 1 is 1.44 bits per heavy atom. The quantitative estimate of drug-likeness (QED) is 0.675. The predicted molar refractivity (Wildman–Crippen MR) is 75.8 cm³/mol. The van der Waals surface area contributed by atoms with Gasteiger partial charge in [-0.2, -0.15) is 4.31 Å². The van der Waals surface area contributed by atoms with Crippen LogP contribution in [0.15, 0.2) is 0 Å². The summed E-state index contributed by atoms with van der Waals surface area (Å²) in [6, 6.07) is 0.141. The molecule has 0 aromatic carbocycles. The molecule has 0 saturated carbocycles. The van der Waals surface area contributed by atoms with Crippen LogP contribution in [-0.4, -0.2) is 57.9 Å². The lowest BCUT2D eigenvalue weighted by Crippen LogP contribution is -2.43. The van der Waals surface area contributed by atoms with Gasteiger partial charge in [0, 0.05) is 32.8 Å². The first-order valence-corrected chi connectivity index (χ1v) is 7.92. The van der Waals surface area contributed by atoms with Gasteiger partial charge in [0.2, 0.25) is 10.0 Å². The normalized spacial score (nSPS) is 20.1. The number of rotatable bonds is 8. The largest absolute Gasteiger partial charge is 0.385 e. The van der Waals surface area contributed by atoms with E-state index in [2.05, 4.69) is 5.32 Å². The van der Waals surface area contributed by atoms with Crippen LogP contribution in [0, 0.1) is 0 Å². The molecule has 1 rings (SSSR count). The topological polar surface area (TPSA) is 58.6 Å². The second kappa shape index (κ2) is 9.09. The van der Waals surface area contributed by atoms with Gasteiger partial charge >= 0.3 is 0 Å². The van der Waals surface area contributed by atoms with Crippen LogP contribution in [0.3, 0.4) is 0 Å². The van der Waals surface area contributed by atoms with Crippen molar-refractivity contribution in [2.75, 3.05) is 39.1 Å². The summed E-state index contributed by atoms with van der Waals surface area (Å²) in [5.74, 6) is 0.192. The minimum atomic E-state index is -3.13. The second-order valence-corrected chi connectivity index (χ2v) is 6.46. The van der Waals surface area contributed by atoms with Crippen LogP contribution in [-0.2, 0) is 14.8 Å². The monoisotopic (exact) mass is 300 g/mol. The molecule has 1 aliphatic rings. The maximum atomic E-state index is 12.2. The Balaban J connectivity index is 0.00000289. The third-order valence-corrected chi connectivity index (χ3v) is 4.99. The van der Waals surface area contributed by atoms with Crippen LogP contribution < -0.4 is 5.32 Å². The van der Waals surface area contributed by atoms with E-state index in [0.717, 1.165) is 25.9 Å². The fourth-order valence-electron chi connectivity index (χ4n) is 2.16. The molecule has 0 amide bonds. The summed E-state index contributed by atoms with van der Waals surface area (Å²) in [6.45, 7) is 4.84. The molecule has 7 heteroatoms. The van der Waals surface area contributed by atoms with Crippen LogP contribution in [0.25, 0.3) is 0 Å². The van der Waals surface area contributed by atoms with E-state index in [4.69, 9.17) is 4.74 Å². The van der Waals surface area contributed by atoms with Gasteiger partial charge in [-0.25, -0.2) is 8.42 Å². The fraction of sp³-hybridized carbons (Fsp3) is 1.00. The van der Waals surface area contributed by atoms with Crippen molar-refractivity contribution in [3.05, 3.63) is 0 Å². The van der Waals surface area contributed by atoms with E-state index < -0.39 is 10.0 Å². The lowest BCUT2D eigenvalue weighted by Gasteiger charge is -2.27. The molecule has 1 heterocycles. The number of ether oxygens (including phenoxy) is 1. The van der Waals surface area contributed by atoms with Crippen molar-refractivity contribution < 1.29 is 13.2 Å². The van der Waals surface area contributed by atoms with Gasteiger partial charge in [0.15, 0.2) is 0 Å². The van der Waals surface area contributed by atoms with E-state index in [-0.39, 0.29) is 24.2 Å². The molecular weight excluding hydrogens is 276 g/mol. The van der Waals surface area contributed by atoms with Crippen LogP contribution in [0.1, 0.15) is 26.2 Å². The molecule has 0 aromatic heterocycles. The van der Waals surface area contributed by atoms with Gasteiger partial charge < -0.3 is 10.1 Å². The number of hydrogen-bond acceptors (Lipinski definition) is 4. The highest BCUT2D eigenvalue weighted by molar-refractivity contribution is 7.89. The second-order valence-electron chi connectivity index (χ2n) is 4.42.